The Morgan fingerprint density at radius 3 is 2.69 bits per heavy atom. The van der Waals surface area contributed by atoms with Crippen molar-refractivity contribution in [2.45, 2.75) is 6.42 Å². The van der Waals surface area contributed by atoms with E-state index in [2.05, 4.69) is 10.6 Å². The fourth-order valence-corrected chi connectivity index (χ4v) is 3.23. The van der Waals surface area contributed by atoms with Crippen molar-refractivity contribution in [1.82, 2.24) is 10.2 Å². The third-order valence-corrected chi connectivity index (χ3v) is 4.71. The second-order valence-electron chi connectivity index (χ2n) is 5.74. The standard InChI is InChI=1S/C18H22ClN3O3S/c1-22(11-17(23)20-8-7-14-4-3-9-26-14)12-18(24)21-15-10-13(19)5-6-16(15)25-2/h3-6,9-10H,7-8,11-12H2,1-2H3,(H,20,23)(H,21,24). The summed E-state index contributed by atoms with van der Waals surface area (Å²) in [6.07, 6.45) is 0.808. The zero-order valence-electron chi connectivity index (χ0n) is 14.8. The molecule has 26 heavy (non-hydrogen) atoms. The van der Waals surface area contributed by atoms with Gasteiger partial charge in [0.1, 0.15) is 5.75 Å². The molecular formula is C18H22ClN3O3S. The molecule has 0 spiro atoms. The van der Waals surface area contributed by atoms with Gasteiger partial charge in [-0.25, -0.2) is 0 Å². The van der Waals surface area contributed by atoms with Crippen molar-refractivity contribution in [3.63, 3.8) is 0 Å². The van der Waals surface area contributed by atoms with Gasteiger partial charge in [0.2, 0.25) is 11.8 Å². The normalized spacial score (nSPS) is 10.6. The van der Waals surface area contributed by atoms with Gasteiger partial charge in [0.25, 0.3) is 0 Å². The number of nitrogens with zero attached hydrogens (tertiary/aromatic N) is 1. The van der Waals surface area contributed by atoms with Crippen molar-refractivity contribution in [3.05, 3.63) is 45.6 Å². The lowest BCUT2D eigenvalue weighted by molar-refractivity contribution is -0.122. The van der Waals surface area contributed by atoms with Crippen molar-refractivity contribution >= 4 is 40.4 Å². The van der Waals surface area contributed by atoms with Crippen LogP contribution in [-0.4, -0.2) is 50.5 Å². The van der Waals surface area contributed by atoms with Gasteiger partial charge < -0.3 is 15.4 Å². The van der Waals surface area contributed by atoms with Crippen molar-refractivity contribution in [2.24, 2.45) is 0 Å². The number of anilines is 1. The van der Waals surface area contributed by atoms with Crippen LogP contribution in [-0.2, 0) is 16.0 Å². The van der Waals surface area contributed by atoms with Crippen LogP contribution >= 0.6 is 22.9 Å². The summed E-state index contributed by atoms with van der Waals surface area (Å²) in [7, 11) is 3.24. The van der Waals surface area contributed by atoms with Crippen LogP contribution in [0.1, 0.15) is 4.88 Å². The van der Waals surface area contributed by atoms with Crippen LogP contribution in [0.5, 0.6) is 5.75 Å². The molecule has 0 aliphatic heterocycles. The van der Waals surface area contributed by atoms with E-state index in [9.17, 15) is 9.59 Å². The Labute approximate surface area is 162 Å². The van der Waals surface area contributed by atoms with E-state index in [4.69, 9.17) is 16.3 Å². The Morgan fingerprint density at radius 2 is 2.00 bits per heavy atom. The number of ether oxygens (including phenoxy) is 1. The summed E-state index contributed by atoms with van der Waals surface area (Å²) in [6, 6.07) is 9.02. The summed E-state index contributed by atoms with van der Waals surface area (Å²) >= 11 is 7.62. The highest BCUT2D eigenvalue weighted by molar-refractivity contribution is 7.09. The van der Waals surface area contributed by atoms with Crippen LogP contribution in [0.4, 0.5) is 5.69 Å². The molecule has 0 aliphatic carbocycles. The highest BCUT2D eigenvalue weighted by Crippen LogP contribution is 2.27. The molecule has 0 bridgehead atoms. The number of hydrogen-bond donors (Lipinski definition) is 2. The van der Waals surface area contributed by atoms with Gasteiger partial charge >= 0.3 is 0 Å². The molecule has 0 atom stereocenters. The molecule has 0 radical (unpaired) electrons. The molecule has 2 aromatic rings. The number of carbonyl (C=O) groups excluding carboxylic acids is 2. The number of carbonyl (C=O) groups is 2. The SMILES string of the molecule is COc1ccc(Cl)cc1NC(=O)CN(C)CC(=O)NCCc1cccs1. The van der Waals surface area contributed by atoms with Crippen LogP contribution in [0, 0.1) is 0 Å². The number of halogens is 1. The third-order valence-electron chi connectivity index (χ3n) is 3.54. The molecule has 0 unspecified atom stereocenters. The lowest BCUT2D eigenvalue weighted by atomic mass is 10.3. The van der Waals surface area contributed by atoms with E-state index >= 15 is 0 Å². The second kappa shape index (κ2) is 10.2. The molecule has 2 amide bonds. The molecule has 0 fully saturated rings. The third kappa shape index (κ3) is 6.67. The van der Waals surface area contributed by atoms with Gasteiger partial charge in [-0.3, -0.25) is 14.5 Å². The Hall–Kier alpha value is -2.09. The molecule has 0 saturated carbocycles. The highest BCUT2D eigenvalue weighted by atomic mass is 35.5. The predicted octanol–water partition coefficient (Wildman–Crippen LogP) is 2.64. The first-order valence-electron chi connectivity index (χ1n) is 8.09. The highest BCUT2D eigenvalue weighted by Gasteiger charge is 2.13. The van der Waals surface area contributed by atoms with Crippen LogP contribution in [0.25, 0.3) is 0 Å². The van der Waals surface area contributed by atoms with Gasteiger partial charge in [-0.05, 0) is 43.1 Å². The fraction of sp³-hybridized carbons (Fsp3) is 0.333. The van der Waals surface area contributed by atoms with E-state index in [1.54, 1.807) is 41.5 Å². The zero-order valence-corrected chi connectivity index (χ0v) is 16.3. The molecule has 1 aromatic carbocycles. The first kappa shape index (κ1) is 20.2. The number of benzene rings is 1. The lowest BCUT2D eigenvalue weighted by Crippen LogP contribution is -2.39. The summed E-state index contributed by atoms with van der Waals surface area (Å²) in [4.78, 5) is 27.0. The molecule has 1 aromatic heterocycles. The number of methoxy groups -OCH3 is 1. The Bertz CT molecular complexity index is 737. The van der Waals surface area contributed by atoms with Gasteiger partial charge in [-0.2, -0.15) is 0 Å². The average Bonchev–Trinajstić information content (AvgIpc) is 3.08. The van der Waals surface area contributed by atoms with Gasteiger partial charge in [0.15, 0.2) is 0 Å². The van der Waals surface area contributed by atoms with E-state index in [-0.39, 0.29) is 24.9 Å². The number of amides is 2. The number of thiophene rings is 1. The van der Waals surface area contributed by atoms with Crippen molar-refractivity contribution < 1.29 is 14.3 Å². The summed E-state index contributed by atoms with van der Waals surface area (Å²) < 4.78 is 5.20. The van der Waals surface area contributed by atoms with Gasteiger partial charge in [-0.1, -0.05) is 17.7 Å². The minimum atomic E-state index is -0.251. The molecule has 140 valence electrons. The number of nitrogens with one attached hydrogen (secondary N) is 2. The number of rotatable bonds is 9. The summed E-state index contributed by atoms with van der Waals surface area (Å²) in [5.74, 6) is 0.161. The van der Waals surface area contributed by atoms with Crippen LogP contribution in [0.2, 0.25) is 5.02 Å². The van der Waals surface area contributed by atoms with E-state index < -0.39 is 0 Å². The van der Waals surface area contributed by atoms with Crippen molar-refractivity contribution in [2.75, 3.05) is 39.1 Å². The summed E-state index contributed by atoms with van der Waals surface area (Å²) in [5, 5.41) is 8.12. The largest absolute Gasteiger partial charge is 0.495 e. The minimum Gasteiger partial charge on any atom is -0.495 e. The van der Waals surface area contributed by atoms with Gasteiger partial charge in [0.05, 0.1) is 25.9 Å². The maximum absolute atomic E-state index is 12.2. The molecule has 2 N–H and O–H groups in total. The molecule has 2 rings (SSSR count). The molecule has 8 heteroatoms. The zero-order chi connectivity index (χ0) is 18.9. The molecule has 0 aliphatic rings. The number of hydrogen-bond acceptors (Lipinski definition) is 5. The van der Waals surface area contributed by atoms with Gasteiger partial charge in [-0.15, -0.1) is 11.3 Å². The maximum atomic E-state index is 12.2. The molecular weight excluding hydrogens is 374 g/mol. The minimum absolute atomic E-state index is 0.0774. The Kier molecular flexibility index (Phi) is 7.90. The molecule has 0 saturated heterocycles. The van der Waals surface area contributed by atoms with Crippen LogP contribution < -0.4 is 15.4 Å². The summed E-state index contributed by atoms with van der Waals surface area (Å²) in [6.45, 7) is 0.803. The summed E-state index contributed by atoms with van der Waals surface area (Å²) in [5.41, 5.74) is 0.499. The lowest BCUT2D eigenvalue weighted by Gasteiger charge is -2.17. The van der Waals surface area contributed by atoms with Crippen molar-refractivity contribution in [3.8, 4) is 5.75 Å². The van der Waals surface area contributed by atoms with E-state index in [0.717, 1.165) is 6.42 Å². The molecule has 6 nitrogen and oxygen atoms in total. The van der Waals surface area contributed by atoms with Crippen LogP contribution in [0.15, 0.2) is 35.7 Å². The van der Waals surface area contributed by atoms with E-state index in [0.29, 0.717) is 23.0 Å². The quantitative estimate of drug-likeness (QED) is 0.684. The maximum Gasteiger partial charge on any atom is 0.238 e. The Balaban J connectivity index is 1.74. The Morgan fingerprint density at radius 1 is 1.23 bits per heavy atom. The first-order chi connectivity index (χ1) is 12.5. The fourth-order valence-electron chi connectivity index (χ4n) is 2.35. The van der Waals surface area contributed by atoms with Crippen LogP contribution in [0.3, 0.4) is 0 Å². The average molecular weight is 396 g/mol. The van der Waals surface area contributed by atoms with E-state index in [1.807, 2.05) is 17.5 Å². The predicted molar refractivity (Wildman–Crippen MR) is 105 cm³/mol. The van der Waals surface area contributed by atoms with E-state index in [1.165, 1.54) is 12.0 Å². The topological polar surface area (TPSA) is 70.7 Å². The monoisotopic (exact) mass is 395 g/mol. The van der Waals surface area contributed by atoms with Gasteiger partial charge in [0, 0.05) is 16.4 Å². The smallest absolute Gasteiger partial charge is 0.238 e. The van der Waals surface area contributed by atoms with Crippen molar-refractivity contribution in [1.29, 1.82) is 0 Å². The molecule has 1 heterocycles. The number of likely N-dealkylation sites (N-methyl/N-ethyl adjacent to an activating group) is 1. The second-order valence-corrected chi connectivity index (χ2v) is 7.21. The first-order valence-corrected chi connectivity index (χ1v) is 9.34.